The van der Waals surface area contributed by atoms with Crippen LogP contribution in [0, 0.1) is 5.41 Å². The molecule has 2 nitrogen and oxygen atoms in total. The fourth-order valence-electron chi connectivity index (χ4n) is 2.84. The lowest BCUT2D eigenvalue weighted by atomic mass is 9.80. The van der Waals surface area contributed by atoms with Crippen molar-refractivity contribution in [2.24, 2.45) is 5.41 Å². The minimum atomic E-state index is -0.263. The first-order valence-electron chi connectivity index (χ1n) is 6.46. The van der Waals surface area contributed by atoms with Gasteiger partial charge in [-0.3, -0.25) is 0 Å². The van der Waals surface area contributed by atoms with Gasteiger partial charge < -0.3 is 9.84 Å². The van der Waals surface area contributed by atoms with E-state index >= 15 is 0 Å². The Balaban J connectivity index is 2.09. The van der Waals surface area contributed by atoms with Gasteiger partial charge in [0.25, 0.3) is 0 Å². The standard InChI is InChI=1S/C15H22O2/c1-15(9-5-6-10-15)14(16)11-12-7-3-4-8-13(12)17-2/h3-4,7-8,14,16H,5-6,9-11H2,1-2H3. The summed E-state index contributed by atoms with van der Waals surface area (Å²) >= 11 is 0. The zero-order valence-corrected chi connectivity index (χ0v) is 10.8. The first-order valence-corrected chi connectivity index (χ1v) is 6.46. The van der Waals surface area contributed by atoms with Crippen molar-refractivity contribution in [1.29, 1.82) is 0 Å². The Kier molecular flexibility index (Phi) is 3.72. The lowest BCUT2D eigenvalue weighted by Gasteiger charge is -2.30. The number of methoxy groups -OCH3 is 1. The molecule has 0 bridgehead atoms. The zero-order valence-electron chi connectivity index (χ0n) is 10.8. The van der Waals surface area contributed by atoms with E-state index in [1.54, 1.807) is 7.11 Å². The van der Waals surface area contributed by atoms with Crippen molar-refractivity contribution >= 4 is 0 Å². The summed E-state index contributed by atoms with van der Waals surface area (Å²) in [5.74, 6) is 0.883. The minimum Gasteiger partial charge on any atom is -0.496 e. The summed E-state index contributed by atoms with van der Waals surface area (Å²) in [4.78, 5) is 0. The van der Waals surface area contributed by atoms with Crippen LogP contribution < -0.4 is 4.74 Å². The monoisotopic (exact) mass is 234 g/mol. The van der Waals surface area contributed by atoms with Crippen LogP contribution in [0.25, 0.3) is 0 Å². The molecule has 1 atom stereocenters. The fraction of sp³-hybridized carbons (Fsp3) is 0.600. The van der Waals surface area contributed by atoms with Crippen LogP contribution in [0.3, 0.4) is 0 Å². The molecule has 1 fully saturated rings. The number of hydrogen-bond donors (Lipinski definition) is 1. The summed E-state index contributed by atoms with van der Waals surface area (Å²) in [6, 6.07) is 7.97. The van der Waals surface area contributed by atoms with Gasteiger partial charge in [0.1, 0.15) is 5.75 Å². The Labute approximate surface area is 104 Å². The number of aliphatic hydroxyl groups excluding tert-OH is 1. The van der Waals surface area contributed by atoms with Crippen LogP contribution in [0.2, 0.25) is 0 Å². The van der Waals surface area contributed by atoms with Crippen molar-refractivity contribution in [1.82, 2.24) is 0 Å². The molecule has 0 amide bonds. The fourth-order valence-corrected chi connectivity index (χ4v) is 2.84. The highest BCUT2D eigenvalue weighted by atomic mass is 16.5. The minimum absolute atomic E-state index is 0.0981. The number of ether oxygens (including phenoxy) is 1. The van der Waals surface area contributed by atoms with E-state index < -0.39 is 0 Å². The lowest BCUT2D eigenvalue weighted by molar-refractivity contribution is 0.0419. The molecule has 0 saturated heterocycles. The Hall–Kier alpha value is -1.02. The summed E-state index contributed by atoms with van der Waals surface area (Å²) in [6.07, 6.45) is 5.22. The van der Waals surface area contributed by atoms with E-state index in [1.807, 2.05) is 24.3 Å². The maximum absolute atomic E-state index is 10.4. The van der Waals surface area contributed by atoms with Gasteiger partial charge in [-0.15, -0.1) is 0 Å². The molecule has 0 spiro atoms. The van der Waals surface area contributed by atoms with Gasteiger partial charge in [-0.2, -0.15) is 0 Å². The quantitative estimate of drug-likeness (QED) is 0.867. The van der Waals surface area contributed by atoms with Gasteiger partial charge in [0.2, 0.25) is 0 Å². The zero-order chi connectivity index (χ0) is 12.3. The van der Waals surface area contributed by atoms with Crippen LogP contribution in [0.1, 0.15) is 38.2 Å². The molecule has 0 aromatic heterocycles. The number of para-hydroxylation sites is 1. The average molecular weight is 234 g/mol. The third-order valence-electron chi connectivity index (χ3n) is 4.16. The number of rotatable bonds is 4. The summed E-state index contributed by atoms with van der Waals surface area (Å²) in [6.45, 7) is 2.21. The van der Waals surface area contributed by atoms with Crippen LogP contribution in [0.5, 0.6) is 5.75 Å². The molecule has 1 aliphatic carbocycles. The largest absolute Gasteiger partial charge is 0.496 e. The van der Waals surface area contributed by atoms with E-state index in [0.717, 1.165) is 24.2 Å². The molecule has 2 rings (SSSR count). The molecule has 2 heteroatoms. The van der Waals surface area contributed by atoms with E-state index in [2.05, 4.69) is 6.92 Å². The van der Waals surface area contributed by atoms with Gasteiger partial charge in [-0.1, -0.05) is 38.0 Å². The molecule has 0 radical (unpaired) electrons. The van der Waals surface area contributed by atoms with E-state index in [1.165, 1.54) is 12.8 Å². The number of benzene rings is 1. The van der Waals surface area contributed by atoms with Crippen molar-refractivity contribution in [2.75, 3.05) is 7.11 Å². The Morgan fingerprint density at radius 3 is 2.59 bits per heavy atom. The van der Waals surface area contributed by atoms with Gasteiger partial charge >= 0.3 is 0 Å². The van der Waals surface area contributed by atoms with Gasteiger partial charge in [-0.25, -0.2) is 0 Å². The molecular formula is C15H22O2. The van der Waals surface area contributed by atoms with Crippen molar-refractivity contribution in [3.8, 4) is 5.75 Å². The van der Waals surface area contributed by atoms with Gasteiger partial charge in [-0.05, 0) is 29.9 Å². The lowest BCUT2D eigenvalue weighted by Crippen LogP contribution is -2.31. The highest BCUT2D eigenvalue weighted by Crippen LogP contribution is 2.42. The molecule has 0 heterocycles. The normalized spacial score (nSPS) is 20.2. The molecular weight excluding hydrogens is 212 g/mol. The van der Waals surface area contributed by atoms with Crippen LogP contribution in [-0.4, -0.2) is 18.3 Å². The summed E-state index contributed by atoms with van der Waals surface area (Å²) in [5.41, 5.74) is 1.21. The Bertz CT molecular complexity index is 367. The second-order valence-electron chi connectivity index (χ2n) is 5.39. The molecule has 1 aliphatic rings. The van der Waals surface area contributed by atoms with Crippen molar-refractivity contribution in [3.05, 3.63) is 29.8 Å². The SMILES string of the molecule is COc1ccccc1CC(O)C1(C)CCCC1. The molecule has 1 aromatic rings. The average Bonchev–Trinajstić information content (AvgIpc) is 2.78. The topological polar surface area (TPSA) is 29.5 Å². The summed E-state index contributed by atoms with van der Waals surface area (Å²) in [5, 5.41) is 10.4. The molecule has 1 N–H and O–H groups in total. The molecule has 1 aromatic carbocycles. The Morgan fingerprint density at radius 1 is 1.29 bits per heavy atom. The third-order valence-corrected chi connectivity index (χ3v) is 4.16. The van der Waals surface area contributed by atoms with Crippen LogP contribution in [-0.2, 0) is 6.42 Å². The molecule has 1 unspecified atom stereocenters. The van der Waals surface area contributed by atoms with Gasteiger partial charge in [0.15, 0.2) is 0 Å². The third kappa shape index (κ3) is 2.63. The van der Waals surface area contributed by atoms with E-state index in [9.17, 15) is 5.11 Å². The smallest absolute Gasteiger partial charge is 0.122 e. The second kappa shape index (κ2) is 5.09. The molecule has 0 aliphatic heterocycles. The van der Waals surface area contributed by atoms with Gasteiger partial charge in [0.05, 0.1) is 13.2 Å². The van der Waals surface area contributed by atoms with Crippen molar-refractivity contribution in [2.45, 2.75) is 45.1 Å². The van der Waals surface area contributed by atoms with Crippen molar-refractivity contribution in [3.63, 3.8) is 0 Å². The highest BCUT2D eigenvalue weighted by molar-refractivity contribution is 5.33. The second-order valence-corrected chi connectivity index (χ2v) is 5.39. The molecule has 94 valence electrons. The predicted octanol–water partition coefficient (Wildman–Crippen LogP) is 3.18. The van der Waals surface area contributed by atoms with E-state index in [0.29, 0.717) is 6.42 Å². The predicted molar refractivity (Wildman–Crippen MR) is 69.3 cm³/mol. The molecule has 17 heavy (non-hydrogen) atoms. The first kappa shape index (κ1) is 12.4. The van der Waals surface area contributed by atoms with Crippen LogP contribution in [0.4, 0.5) is 0 Å². The van der Waals surface area contributed by atoms with Crippen LogP contribution in [0.15, 0.2) is 24.3 Å². The van der Waals surface area contributed by atoms with Gasteiger partial charge in [0, 0.05) is 6.42 Å². The van der Waals surface area contributed by atoms with Crippen LogP contribution >= 0.6 is 0 Å². The maximum Gasteiger partial charge on any atom is 0.122 e. The first-order chi connectivity index (χ1) is 8.15. The van der Waals surface area contributed by atoms with Crippen molar-refractivity contribution < 1.29 is 9.84 Å². The number of hydrogen-bond acceptors (Lipinski definition) is 2. The number of aliphatic hydroxyl groups is 1. The van der Waals surface area contributed by atoms with E-state index in [-0.39, 0.29) is 11.5 Å². The summed E-state index contributed by atoms with van der Waals surface area (Å²) in [7, 11) is 1.68. The maximum atomic E-state index is 10.4. The highest BCUT2D eigenvalue weighted by Gasteiger charge is 2.36. The molecule has 1 saturated carbocycles. The summed E-state index contributed by atoms with van der Waals surface area (Å²) < 4.78 is 5.33. The van der Waals surface area contributed by atoms with E-state index in [4.69, 9.17) is 4.74 Å². The Morgan fingerprint density at radius 2 is 1.94 bits per heavy atom.